The molecule has 0 aromatic heterocycles. The van der Waals surface area contributed by atoms with Crippen LogP contribution in [0.2, 0.25) is 0 Å². The number of benzene rings is 2. The predicted molar refractivity (Wildman–Crippen MR) is 109 cm³/mol. The molecule has 2 aromatic carbocycles. The van der Waals surface area contributed by atoms with Crippen molar-refractivity contribution in [2.45, 2.75) is 51.9 Å². The van der Waals surface area contributed by atoms with Crippen molar-refractivity contribution in [3.8, 4) is 0 Å². The van der Waals surface area contributed by atoms with Gasteiger partial charge in [0.25, 0.3) is 0 Å². The van der Waals surface area contributed by atoms with Crippen molar-refractivity contribution >= 4 is 17.8 Å². The number of carbonyl (C=O) groups is 3. The Balaban J connectivity index is 1.98. The monoisotopic (exact) mass is 397 g/mol. The first-order valence-corrected chi connectivity index (χ1v) is 9.48. The molecule has 0 saturated carbocycles. The summed E-state index contributed by atoms with van der Waals surface area (Å²) in [5.41, 5.74) is 1.000. The van der Waals surface area contributed by atoms with Gasteiger partial charge in [0.05, 0.1) is 6.04 Å². The molecule has 1 N–H and O–H groups in total. The lowest BCUT2D eigenvalue weighted by molar-refractivity contribution is -0.147. The van der Waals surface area contributed by atoms with Crippen molar-refractivity contribution in [2.24, 2.45) is 0 Å². The van der Waals surface area contributed by atoms with Crippen LogP contribution in [0, 0.1) is 0 Å². The van der Waals surface area contributed by atoms with Gasteiger partial charge in [-0.1, -0.05) is 60.7 Å². The molecule has 6 nitrogen and oxygen atoms in total. The van der Waals surface area contributed by atoms with Crippen LogP contribution in [0.25, 0.3) is 0 Å². The van der Waals surface area contributed by atoms with E-state index >= 15 is 0 Å². The molecule has 29 heavy (non-hydrogen) atoms. The van der Waals surface area contributed by atoms with E-state index in [0.29, 0.717) is 0 Å². The Labute approximate surface area is 171 Å². The summed E-state index contributed by atoms with van der Waals surface area (Å²) in [4.78, 5) is 37.0. The van der Waals surface area contributed by atoms with Gasteiger partial charge in [0.2, 0.25) is 0 Å². The van der Waals surface area contributed by atoms with Crippen LogP contribution in [0.3, 0.4) is 0 Å². The number of rotatable bonds is 8. The van der Waals surface area contributed by atoms with Gasteiger partial charge in [-0.15, -0.1) is 0 Å². The maximum absolute atomic E-state index is 12.7. The molecule has 154 valence electrons. The lowest BCUT2D eigenvalue weighted by atomic mass is 10.0. The molecule has 0 saturated heterocycles. The third-order valence-electron chi connectivity index (χ3n) is 3.92. The number of alkyl carbamates (subject to hydrolysis) is 1. The van der Waals surface area contributed by atoms with Crippen LogP contribution in [-0.2, 0) is 32.1 Å². The molecule has 2 rings (SSSR count). The Hall–Kier alpha value is -3.15. The number of Topliss-reactive ketones (excluding diaryl/α,β-unsaturated/α-hetero) is 1. The smallest absolute Gasteiger partial charge is 0.408 e. The highest BCUT2D eigenvalue weighted by Gasteiger charge is 2.26. The van der Waals surface area contributed by atoms with Crippen LogP contribution < -0.4 is 5.32 Å². The van der Waals surface area contributed by atoms with Crippen LogP contribution in [0.15, 0.2) is 60.7 Å². The average Bonchev–Trinajstić information content (AvgIpc) is 2.66. The molecule has 1 atom stereocenters. The van der Waals surface area contributed by atoms with Crippen LogP contribution in [0.5, 0.6) is 0 Å². The van der Waals surface area contributed by atoms with Crippen molar-refractivity contribution < 1.29 is 23.9 Å². The second-order valence-corrected chi connectivity index (χ2v) is 7.68. The summed E-state index contributed by atoms with van der Waals surface area (Å²) < 4.78 is 10.4. The number of amides is 1. The van der Waals surface area contributed by atoms with Gasteiger partial charge in [-0.2, -0.15) is 0 Å². The average molecular weight is 397 g/mol. The van der Waals surface area contributed by atoms with Gasteiger partial charge in [-0.25, -0.2) is 4.79 Å². The van der Waals surface area contributed by atoms with Crippen molar-refractivity contribution in [1.82, 2.24) is 5.32 Å². The van der Waals surface area contributed by atoms with E-state index in [9.17, 15) is 14.4 Å². The summed E-state index contributed by atoms with van der Waals surface area (Å²) in [7, 11) is 0. The molecule has 2 aromatic rings. The maximum atomic E-state index is 12.7. The Morgan fingerprint density at radius 3 is 2.00 bits per heavy atom. The lowest BCUT2D eigenvalue weighted by Crippen LogP contribution is -2.45. The van der Waals surface area contributed by atoms with E-state index in [1.807, 2.05) is 60.7 Å². The van der Waals surface area contributed by atoms with E-state index in [2.05, 4.69) is 5.32 Å². The zero-order chi connectivity index (χ0) is 21.3. The summed E-state index contributed by atoms with van der Waals surface area (Å²) in [6, 6.07) is 17.6. The highest BCUT2D eigenvalue weighted by atomic mass is 16.6. The fraction of sp³-hybridized carbons (Fsp3) is 0.348. The maximum Gasteiger partial charge on any atom is 0.408 e. The number of ketones is 1. The van der Waals surface area contributed by atoms with E-state index in [0.717, 1.165) is 11.1 Å². The normalized spacial score (nSPS) is 12.0. The zero-order valence-electron chi connectivity index (χ0n) is 17.0. The molecule has 0 fully saturated rings. The second kappa shape index (κ2) is 10.4. The molecule has 6 heteroatoms. The molecule has 0 aliphatic heterocycles. The van der Waals surface area contributed by atoms with Gasteiger partial charge in [0, 0.05) is 0 Å². The first-order chi connectivity index (χ1) is 13.7. The van der Waals surface area contributed by atoms with Crippen LogP contribution in [0.1, 0.15) is 38.3 Å². The predicted octanol–water partition coefficient (Wildman–Crippen LogP) is 3.83. The molecule has 0 heterocycles. The number of carbonyl (C=O) groups excluding carboxylic acids is 3. The Bertz CT molecular complexity index is 812. The molecular formula is C23H27NO5. The van der Waals surface area contributed by atoms with Gasteiger partial charge in [0.15, 0.2) is 5.78 Å². The Morgan fingerprint density at radius 2 is 1.45 bits per heavy atom. The van der Waals surface area contributed by atoms with Crippen molar-refractivity contribution in [2.75, 3.05) is 0 Å². The first kappa shape index (κ1) is 22.1. The standard InChI is InChI=1S/C23H27NO5/c1-23(2,3)29-22(27)24-19(14-17-10-6-4-7-11-17)20(25)15-21(26)28-16-18-12-8-5-9-13-18/h4-13,19H,14-16H2,1-3H3,(H,24,27)/t19-/m1/s1. The Morgan fingerprint density at radius 1 is 0.897 bits per heavy atom. The largest absolute Gasteiger partial charge is 0.460 e. The van der Waals surface area contributed by atoms with Gasteiger partial charge in [0.1, 0.15) is 18.6 Å². The van der Waals surface area contributed by atoms with Crippen molar-refractivity contribution in [3.63, 3.8) is 0 Å². The fourth-order valence-corrected chi connectivity index (χ4v) is 2.60. The molecule has 0 radical (unpaired) electrons. The fourth-order valence-electron chi connectivity index (χ4n) is 2.60. The van der Waals surface area contributed by atoms with Gasteiger partial charge < -0.3 is 14.8 Å². The zero-order valence-corrected chi connectivity index (χ0v) is 17.0. The second-order valence-electron chi connectivity index (χ2n) is 7.68. The van der Waals surface area contributed by atoms with Gasteiger partial charge in [-0.05, 0) is 38.3 Å². The van der Waals surface area contributed by atoms with Crippen LogP contribution in [-0.4, -0.2) is 29.5 Å². The summed E-state index contributed by atoms with van der Waals surface area (Å²) in [5.74, 6) is -1.07. The van der Waals surface area contributed by atoms with E-state index in [1.165, 1.54) is 0 Å². The quantitative estimate of drug-likeness (QED) is 0.541. The van der Waals surface area contributed by atoms with Gasteiger partial charge in [-0.3, -0.25) is 9.59 Å². The number of ether oxygens (including phenoxy) is 2. The SMILES string of the molecule is CC(C)(C)OC(=O)N[C@H](Cc1ccccc1)C(=O)CC(=O)OCc1ccccc1. The molecule has 0 unspecified atom stereocenters. The third-order valence-corrected chi connectivity index (χ3v) is 3.92. The topological polar surface area (TPSA) is 81.7 Å². The summed E-state index contributed by atoms with van der Waals surface area (Å²) in [6.07, 6.45) is -0.880. The number of esters is 1. The number of hydrogen-bond donors (Lipinski definition) is 1. The summed E-state index contributed by atoms with van der Waals surface area (Å²) in [5, 5.41) is 2.58. The molecule has 0 aliphatic rings. The lowest BCUT2D eigenvalue weighted by Gasteiger charge is -2.23. The minimum absolute atomic E-state index is 0.0931. The van der Waals surface area contributed by atoms with Crippen molar-refractivity contribution in [3.05, 3.63) is 71.8 Å². The first-order valence-electron chi connectivity index (χ1n) is 9.48. The summed E-state index contributed by atoms with van der Waals surface area (Å²) in [6.45, 7) is 5.31. The van der Waals surface area contributed by atoms with E-state index < -0.39 is 35.9 Å². The summed E-state index contributed by atoms with van der Waals surface area (Å²) >= 11 is 0. The van der Waals surface area contributed by atoms with Crippen molar-refractivity contribution in [1.29, 1.82) is 0 Å². The highest BCUT2D eigenvalue weighted by molar-refractivity contribution is 5.99. The van der Waals surface area contributed by atoms with Crippen LogP contribution in [0.4, 0.5) is 4.79 Å². The van der Waals surface area contributed by atoms with E-state index in [4.69, 9.17) is 9.47 Å². The Kier molecular flexibility index (Phi) is 7.95. The molecular weight excluding hydrogens is 370 g/mol. The number of nitrogens with one attached hydrogen (secondary N) is 1. The van der Waals surface area contributed by atoms with Gasteiger partial charge >= 0.3 is 12.1 Å². The number of hydrogen-bond acceptors (Lipinski definition) is 5. The molecule has 0 spiro atoms. The van der Waals surface area contributed by atoms with Crippen LogP contribution >= 0.6 is 0 Å². The minimum Gasteiger partial charge on any atom is -0.460 e. The minimum atomic E-state index is -0.892. The molecule has 0 bridgehead atoms. The highest BCUT2D eigenvalue weighted by Crippen LogP contribution is 2.10. The molecule has 1 amide bonds. The van der Waals surface area contributed by atoms with E-state index in [-0.39, 0.29) is 13.0 Å². The van der Waals surface area contributed by atoms with E-state index in [1.54, 1.807) is 20.8 Å². The molecule has 0 aliphatic carbocycles. The third kappa shape index (κ3) is 8.60.